The number of hydrogen-bond donors (Lipinski definition) is 2. The Labute approximate surface area is 187 Å². The monoisotopic (exact) mass is 504 g/mol. The van der Waals surface area contributed by atoms with Gasteiger partial charge in [0.15, 0.2) is 5.96 Å². The van der Waals surface area contributed by atoms with Gasteiger partial charge < -0.3 is 20.1 Å². The molecule has 1 fully saturated rings. The van der Waals surface area contributed by atoms with Crippen molar-refractivity contribution >= 4 is 29.9 Å². The van der Waals surface area contributed by atoms with E-state index in [0.717, 1.165) is 57.3 Å². The Hall–Kier alpha value is -1.06. The lowest BCUT2D eigenvalue weighted by Crippen LogP contribution is -2.47. The maximum atomic E-state index is 5.86. The molecule has 0 amide bonds. The van der Waals surface area contributed by atoms with E-state index in [9.17, 15) is 0 Å². The van der Waals surface area contributed by atoms with E-state index in [1.54, 1.807) is 7.11 Å². The highest BCUT2D eigenvalue weighted by molar-refractivity contribution is 14.0. The summed E-state index contributed by atoms with van der Waals surface area (Å²) in [6.07, 6.45) is 2.22. The Kier molecular flexibility index (Phi) is 11.1. The minimum absolute atomic E-state index is 0. The zero-order valence-electron chi connectivity index (χ0n) is 18.0. The topological polar surface area (TPSA) is 58.1 Å². The lowest BCUT2D eigenvalue weighted by Gasteiger charge is -2.31. The maximum Gasteiger partial charge on any atom is 0.191 e. The van der Waals surface area contributed by atoms with E-state index in [2.05, 4.69) is 59.5 Å². The van der Waals surface area contributed by atoms with Crippen LogP contribution in [0.1, 0.15) is 45.2 Å². The third-order valence-electron chi connectivity index (χ3n) is 5.35. The number of ether oxygens (including phenoxy) is 2. The van der Waals surface area contributed by atoms with E-state index >= 15 is 0 Å². The fourth-order valence-corrected chi connectivity index (χ4v) is 3.63. The molecule has 7 heteroatoms. The average Bonchev–Trinajstić information content (AvgIpc) is 3.14. The Bertz CT molecular complexity index is 602. The van der Waals surface area contributed by atoms with Crippen LogP contribution in [0.25, 0.3) is 0 Å². The van der Waals surface area contributed by atoms with Gasteiger partial charge in [0.25, 0.3) is 0 Å². The van der Waals surface area contributed by atoms with Crippen LogP contribution in [0.15, 0.2) is 29.3 Å². The lowest BCUT2D eigenvalue weighted by atomic mass is 10.0. The summed E-state index contributed by atoms with van der Waals surface area (Å²) in [5.74, 6) is 1.70. The van der Waals surface area contributed by atoms with Gasteiger partial charge in [-0.25, -0.2) is 0 Å². The Morgan fingerprint density at radius 3 is 2.64 bits per heavy atom. The summed E-state index contributed by atoms with van der Waals surface area (Å²) in [6, 6.07) is 8.56. The number of likely N-dealkylation sites (N-methyl/N-ethyl adjacent to an activating group) is 1. The number of benzene rings is 1. The molecule has 1 aromatic rings. The van der Waals surface area contributed by atoms with Crippen molar-refractivity contribution in [1.29, 1.82) is 0 Å². The smallest absolute Gasteiger partial charge is 0.191 e. The maximum absolute atomic E-state index is 5.86. The van der Waals surface area contributed by atoms with Gasteiger partial charge in [0, 0.05) is 26.7 Å². The van der Waals surface area contributed by atoms with Crippen molar-refractivity contribution < 1.29 is 9.47 Å². The number of hydrogen-bond acceptors (Lipinski definition) is 4. The fourth-order valence-electron chi connectivity index (χ4n) is 3.63. The van der Waals surface area contributed by atoms with Gasteiger partial charge in [-0.2, -0.15) is 0 Å². The molecule has 0 spiro atoms. The van der Waals surface area contributed by atoms with Crippen molar-refractivity contribution in [3.8, 4) is 5.75 Å². The molecular weight excluding hydrogens is 467 g/mol. The third kappa shape index (κ3) is 7.08. The van der Waals surface area contributed by atoms with Gasteiger partial charge in [0.1, 0.15) is 5.75 Å². The van der Waals surface area contributed by atoms with E-state index in [1.165, 1.54) is 5.56 Å². The molecule has 1 aliphatic rings. The molecule has 0 aliphatic carbocycles. The first-order valence-electron chi connectivity index (χ1n) is 10.0. The molecule has 0 bridgehead atoms. The van der Waals surface area contributed by atoms with Crippen LogP contribution in [0.4, 0.5) is 0 Å². The van der Waals surface area contributed by atoms with Gasteiger partial charge in [-0.15, -0.1) is 24.0 Å². The highest BCUT2D eigenvalue weighted by Gasteiger charge is 2.29. The van der Waals surface area contributed by atoms with E-state index in [0.29, 0.717) is 0 Å². The molecule has 0 aromatic heterocycles. The molecule has 1 aliphatic heterocycles. The standard InChI is InChI=1S/C21H36N4O2.HI/c1-6-25(7-2)19(17-10-8-11-18(14-17)26-5)15-23-20(22-4)24-16-21(3)12-9-13-27-21;/h8,10-11,14,19H,6-7,9,12-13,15-16H2,1-5H3,(H2,22,23,24);1H. The molecule has 2 unspecified atom stereocenters. The van der Waals surface area contributed by atoms with Crippen LogP contribution in [0, 0.1) is 0 Å². The zero-order chi connectivity index (χ0) is 19.7. The Morgan fingerprint density at radius 1 is 1.32 bits per heavy atom. The van der Waals surface area contributed by atoms with Crippen molar-refractivity contribution in [1.82, 2.24) is 15.5 Å². The van der Waals surface area contributed by atoms with Crippen molar-refractivity contribution in [2.45, 2.75) is 45.3 Å². The Morgan fingerprint density at radius 2 is 2.07 bits per heavy atom. The number of aliphatic imine (C=N–C) groups is 1. The summed E-state index contributed by atoms with van der Waals surface area (Å²) in [7, 11) is 3.52. The van der Waals surface area contributed by atoms with Crippen LogP contribution < -0.4 is 15.4 Å². The predicted molar refractivity (Wildman–Crippen MR) is 127 cm³/mol. The molecule has 1 aromatic carbocycles. The number of nitrogens with one attached hydrogen (secondary N) is 2. The molecule has 28 heavy (non-hydrogen) atoms. The first-order chi connectivity index (χ1) is 13.0. The number of methoxy groups -OCH3 is 1. The van der Waals surface area contributed by atoms with Crippen LogP contribution in [-0.4, -0.2) is 63.4 Å². The van der Waals surface area contributed by atoms with E-state index in [1.807, 2.05) is 13.1 Å². The van der Waals surface area contributed by atoms with E-state index < -0.39 is 0 Å². The van der Waals surface area contributed by atoms with Crippen LogP contribution in [-0.2, 0) is 4.74 Å². The largest absolute Gasteiger partial charge is 0.497 e. The number of rotatable bonds is 9. The molecule has 0 radical (unpaired) electrons. The zero-order valence-corrected chi connectivity index (χ0v) is 20.3. The van der Waals surface area contributed by atoms with Crippen LogP contribution in [0.2, 0.25) is 0 Å². The van der Waals surface area contributed by atoms with Gasteiger partial charge in [-0.05, 0) is 50.6 Å². The van der Waals surface area contributed by atoms with Crippen molar-refractivity contribution in [3.63, 3.8) is 0 Å². The SMILES string of the molecule is CCN(CC)C(CNC(=NC)NCC1(C)CCCO1)c1cccc(OC)c1.I. The second kappa shape index (κ2) is 12.5. The second-order valence-corrected chi connectivity index (χ2v) is 7.22. The lowest BCUT2D eigenvalue weighted by molar-refractivity contribution is 0.0242. The van der Waals surface area contributed by atoms with Gasteiger partial charge in [0.2, 0.25) is 0 Å². The molecule has 0 saturated carbocycles. The normalized spacial score (nSPS) is 20.6. The average molecular weight is 504 g/mol. The summed E-state index contributed by atoms with van der Waals surface area (Å²) in [4.78, 5) is 6.83. The summed E-state index contributed by atoms with van der Waals surface area (Å²) >= 11 is 0. The quantitative estimate of drug-likeness (QED) is 0.307. The molecule has 1 heterocycles. The molecule has 160 valence electrons. The van der Waals surface area contributed by atoms with E-state index in [-0.39, 0.29) is 35.6 Å². The molecule has 2 rings (SSSR count). The molecule has 2 atom stereocenters. The summed E-state index contributed by atoms with van der Waals surface area (Å²) in [5, 5.41) is 6.92. The van der Waals surface area contributed by atoms with Gasteiger partial charge in [0.05, 0.1) is 18.8 Å². The van der Waals surface area contributed by atoms with E-state index in [4.69, 9.17) is 9.47 Å². The predicted octanol–water partition coefficient (Wildman–Crippen LogP) is 3.43. The van der Waals surface area contributed by atoms with Crippen LogP contribution >= 0.6 is 24.0 Å². The van der Waals surface area contributed by atoms with Gasteiger partial charge >= 0.3 is 0 Å². The van der Waals surface area contributed by atoms with Crippen molar-refractivity contribution in [3.05, 3.63) is 29.8 Å². The van der Waals surface area contributed by atoms with Crippen LogP contribution in [0.5, 0.6) is 5.75 Å². The highest BCUT2D eigenvalue weighted by Crippen LogP contribution is 2.25. The first-order valence-corrected chi connectivity index (χ1v) is 10.0. The molecule has 2 N–H and O–H groups in total. The van der Waals surface area contributed by atoms with Gasteiger partial charge in [-0.1, -0.05) is 26.0 Å². The summed E-state index contributed by atoms with van der Waals surface area (Å²) in [5.41, 5.74) is 1.15. The number of nitrogens with zero attached hydrogens (tertiary/aromatic N) is 2. The number of halogens is 1. The first kappa shape index (κ1) is 25.0. The fraction of sp³-hybridized carbons (Fsp3) is 0.667. The molecule has 1 saturated heterocycles. The minimum atomic E-state index is -0.0946. The summed E-state index contributed by atoms with van der Waals surface area (Å²) in [6.45, 7) is 10.9. The number of guanidine groups is 1. The Balaban J connectivity index is 0.00000392. The molecular formula is C21H37IN4O2. The minimum Gasteiger partial charge on any atom is -0.497 e. The second-order valence-electron chi connectivity index (χ2n) is 7.22. The van der Waals surface area contributed by atoms with Gasteiger partial charge in [-0.3, -0.25) is 9.89 Å². The van der Waals surface area contributed by atoms with Crippen LogP contribution in [0.3, 0.4) is 0 Å². The van der Waals surface area contributed by atoms with Crippen molar-refractivity contribution in [2.24, 2.45) is 4.99 Å². The third-order valence-corrected chi connectivity index (χ3v) is 5.35. The molecule has 6 nitrogen and oxygen atoms in total. The highest BCUT2D eigenvalue weighted by atomic mass is 127. The summed E-state index contributed by atoms with van der Waals surface area (Å²) < 4.78 is 11.3. The van der Waals surface area contributed by atoms with Crippen molar-refractivity contribution in [2.75, 3.05) is 46.9 Å².